The summed E-state index contributed by atoms with van der Waals surface area (Å²) in [4.78, 5) is 22.0. The third kappa shape index (κ3) is 5.03. The first kappa shape index (κ1) is 13.8. The molecule has 0 aliphatic rings. The van der Waals surface area contributed by atoms with Crippen molar-refractivity contribution in [3.63, 3.8) is 0 Å². The number of carbonyl (C=O) groups is 2. The largest absolute Gasteiger partial charge is 0.461 e. The van der Waals surface area contributed by atoms with Gasteiger partial charge in [0.05, 0.1) is 5.69 Å². The Balaban J connectivity index is 2.70. The molecule has 0 heterocycles. The number of para-hydroxylation sites is 1. The highest BCUT2D eigenvalue weighted by Crippen LogP contribution is 2.16. The van der Waals surface area contributed by atoms with Crippen LogP contribution in [0.5, 0.6) is 0 Å². The van der Waals surface area contributed by atoms with Crippen molar-refractivity contribution in [2.45, 2.75) is 13.5 Å². The second kappa shape index (κ2) is 7.10. The van der Waals surface area contributed by atoms with E-state index in [-0.39, 0.29) is 17.2 Å². The number of esters is 1. The van der Waals surface area contributed by atoms with Gasteiger partial charge in [0.25, 0.3) is 0 Å². The maximum Gasteiger partial charge on any atom is 0.412 e. The molecule has 92 valence electrons. The van der Waals surface area contributed by atoms with Crippen molar-refractivity contribution in [2.75, 3.05) is 9.93 Å². The van der Waals surface area contributed by atoms with Gasteiger partial charge in [-0.1, -0.05) is 18.2 Å². The number of ether oxygens (including phenoxy) is 2. The normalized spacial score (nSPS) is 9.53. The Bertz CT molecular complexity index is 408. The predicted octanol–water partition coefficient (Wildman–Crippen LogP) is 2.69. The molecule has 6 heteroatoms. The SMILES string of the molecule is CC(=O)OCc1ccccc1NC(=O)OCI. The van der Waals surface area contributed by atoms with Crippen LogP contribution in [0.4, 0.5) is 10.5 Å². The molecule has 1 aromatic carbocycles. The van der Waals surface area contributed by atoms with Gasteiger partial charge in [-0.05, 0) is 28.7 Å². The summed E-state index contributed by atoms with van der Waals surface area (Å²) in [5.41, 5.74) is 1.29. The Labute approximate surface area is 113 Å². The fourth-order valence-corrected chi connectivity index (χ4v) is 1.43. The van der Waals surface area contributed by atoms with Gasteiger partial charge in [-0.2, -0.15) is 0 Å². The number of hydrogen-bond donors (Lipinski definition) is 1. The van der Waals surface area contributed by atoms with Crippen molar-refractivity contribution >= 4 is 40.3 Å². The second-order valence-electron chi connectivity index (χ2n) is 3.10. The third-order valence-electron chi connectivity index (χ3n) is 1.87. The Morgan fingerprint density at radius 1 is 1.29 bits per heavy atom. The van der Waals surface area contributed by atoms with Crippen LogP contribution in [-0.2, 0) is 20.9 Å². The molecule has 0 unspecified atom stereocenters. The molecular formula is C11H12INO4. The van der Waals surface area contributed by atoms with Gasteiger partial charge in [-0.3, -0.25) is 10.1 Å². The zero-order chi connectivity index (χ0) is 12.7. The molecule has 0 atom stereocenters. The van der Waals surface area contributed by atoms with E-state index in [4.69, 9.17) is 9.47 Å². The van der Waals surface area contributed by atoms with E-state index in [0.29, 0.717) is 11.3 Å². The van der Waals surface area contributed by atoms with E-state index in [1.54, 1.807) is 24.3 Å². The van der Waals surface area contributed by atoms with Crippen LogP contribution in [0, 0.1) is 0 Å². The second-order valence-corrected chi connectivity index (χ2v) is 3.73. The molecule has 0 aromatic heterocycles. The van der Waals surface area contributed by atoms with E-state index in [1.807, 2.05) is 22.6 Å². The molecule has 1 rings (SSSR count). The number of amides is 1. The van der Waals surface area contributed by atoms with Crippen molar-refractivity contribution in [2.24, 2.45) is 0 Å². The molecule has 0 aliphatic heterocycles. The number of rotatable bonds is 4. The maximum atomic E-state index is 11.3. The fourth-order valence-electron chi connectivity index (χ4n) is 1.14. The summed E-state index contributed by atoms with van der Waals surface area (Å²) in [6, 6.07) is 7.06. The van der Waals surface area contributed by atoms with Crippen LogP contribution in [-0.4, -0.2) is 16.7 Å². The van der Waals surface area contributed by atoms with Crippen molar-refractivity contribution in [1.82, 2.24) is 0 Å². The molecule has 1 amide bonds. The summed E-state index contributed by atoms with van der Waals surface area (Å²) in [5, 5.41) is 2.58. The smallest absolute Gasteiger partial charge is 0.412 e. The highest BCUT2D eigenvalue weighted by atomic mass is 127. The predicted molar refractivity (Wildman–Crippen MR) is 70.9 cm³/mol. The van der Waals surface area contributed by atoms with Crippen LogP contribution in [0.2, 0.25) is 0 Å². The van der Waals surface area contributed by atoms with E-state index in [2.05, 4.69) is 5.32 Å². The Kier molecular flexibility index (Phi) is 5.75. The molecule has 0 spiro atoms. The van der Waals surface area contributed by atoms with Crippen molar-refractivity contribution in [1.29, 1.82) is 0 Å². The summed E-state index contributed by atoms with van der Waals surface area (Å²) in [6.45, 7) is 1.45. The number of benzene rings is 1. The maximum absolute atomic E-state index is 11.3. The minimum Gasteiger partial charge on any atom is -0.461 e. The summed E-state index contributed by atoms with van der Waals surface area (Å²) in [5.74, 6) is -0.366. The lowest BCUT2D eigenvalue weighted by atomic mass is 10.2. The van der Waals surface area contributed by atoms with Gasteiger partial charge in [0.1, 0.15) is 11.2 Å². The summed E-state index contributed by atoms with van der Waals surface area (Å²) in [7, 11) is 0. The van der Waals surface area contributed by atoms with Gasteiger partial charge in [0.2, 0.25) is 0 Å². The lowest BCUT2D eigenvalue weighted by Crippen LogP contribution is -2.14. The van der Waals surface area contributed by atoms with Crippen LogP contribution in [0.25, 0.3) is 0 Å². The molecular weight excluding hydrogens is 337 g/mol. The number of hydrogen-bond acceptors (Lipinski definition) is 4. The minimum absolute atomic E-state index is 0.121. The molecule has 17 heavy (non-hydrogen) atoms. The van der Waals surface area contributed by atoms with E-state index in [9.17, 15) is 9.59 Å². The number of anilines is 1. The Morgan fingerprint density at radius 3 is 2.65 bits per heavy atom. The minimum atomic E-state index is -0.533. The van der Waals surface area contributed by atoms with Crippen LogP contribution < -0.4 is 5.32 Å². The number of carbonyl (C=O) groups excluding carboxylic acids is 2. The van der Waals surface area contributed by atoms with Gasteiger partial charge < -0.3 is 9.47 Å². The van der Waals surface area contributed by atoms with Crippen molar-refractivity contribution in [3.8, 4) is 0 Å². The molecule has 0 fully saturated rings. The average Bonchev–Trinajstić information content (AvgIpc) is 2.28. The van der Waals surface area contributed by atoms with Gasteiger partial charge in [-0.25, -0.2) is 4.79 Å². The molecule has 1 N–H and O–H groups in total. The molecule has 5 nitrogen and oxygen atoms in total. The first-order valence-electron chi connectivity index (χ1n) is 4.84. The molecule has 0 bridgehead atoms. The van der Waals surface area contributed by atoms with Crippen molar-refractivity contribution < 1.29 is 19.1 Å². The third-order valence-corrected chi connectivity index (χ3v) is 2.18. The summed E-state index contributed by atoms with van der Waals surface area (Å²) in [6.07, 6.45) is -0.533. The van der Waals surface area contributed by atoms with Gasteiger partial charge >= 0.3 is 12.1 Å². The van der Waals surface area contributed by atoms with Gasteiger partial charge in [-0.15, -0.1) is 0 Å². The lowest BCUT2D eigenvalue weighted by Gasteiger charge is -2.10. The molecule has 0 saturated heterocycles. The molecule has 0 saturated carbocycles. The first-order chi connectivity index (χ1) is 8.13. The van der Waals surface area contributed by atoms with Crippen LogP contribution in [0.3, 0.4) is 0 Å². The Morgan fingerprint density at radius 2 is 2.00 bits per heavy atom. The topological polar surface area (TPSA) is 64.6 Å². The van der Waals surface area contributed by atoms with Crippen LogP contribution in [0.15, 0.2) is 24.3 Å². The number of alkyl halides is 1. The molecule has 0 aliphatic carbocycles. The average molecular weight is 349 g/mol. The highest BCUT2D eigenvalue weighted by Gasteiger charge is 2.07. The molecule has 0 radical (unpaired) electrons. The van der Waals surface area contributed by atoms with E-state index >= 15 is 0 Å². The number of halogens is 1. The van der Waals surface area contributed by atoms with Gasteiger partial charge in [0.15, 0.2) is 0 Å². The van der Waals surface area contributed by atoms with E-state index in [0.717, 1.165) is 0 Å². The zero-order valence-electron chi connectivity index (χ0n) is 9.23. The number of nitrogens with one attached hydrogen (secondary N) is 1. The summed E-state index contributed by atoms with van der Waals surface area (Å²) >= 11 is 1.93. The lowest BCUT2D eigenvalue weighted by molar-refractivity contribution is -0.142. The standard InChI is InChI=1S/C11H12INO4/c1-8(14)16-6-9-4-2-3-5-10(9)13-11(15)17-7-12/h2-5H,6-7H2,1H3,(H,13,15). The zero-order valence-corrected chi connectivity index (χ0v) is 11.4. The van der Waals surface area contributed by atoms with Crippen molar-refractivity contribution in [3.05, 3.63) is 29.8 Å². The quantitative estimate of drug-likeness (QED) is 0.516. The van der Waals surface area contributed by atoms with E-state index in [1.165, 1.54) is 6.92 Å². The monoisotopic (exact) mass is 349 g/mol. The fraction of sp³-hybridized carbons (Fsp3) is 0.273. The van der Waals surface area contributed by atoms with Crippen LogP contribution >= 0.6 is 22.6 Å². The Hall–Kier alpha value is -1.31. The first-order valence-corrected chi connectivity index (χ1v) is 6.37. The van der Waals surface area contributed by atoms with Gasteiger partial charge in [0, 0.05) is 12.5 Å². The van der Waals surface area contributed by atoms with Crippen LogP contribution in [0.1, 0.15) is 12.5 Å². The van der Waals surface area contributed by atoms with E-state index < -0.39 is 6.09 Å². The summed E-state index contributed by atoms with van der Waals surface area (Å²) < 4.78 is 9.91. The molecule has 1 aromatic rings. The highest BCUT2D eigenvalue weighted by molar-refractivity contribution is 14.1.